The van der Waals surface area contributed by atoms with Gasteiger partial charge in [-0.1, -0.05) is 6.07 Å². The van der Waals surface area contributed by atoms with Gasteiger partial charge in [0.05, 0.1) is 0 Å². The molecule has 7 heteroatoms. The van der Waals surface area contributed by atoms with Gasteiger partial charge in [0.2, 0.25) is 0 Å². The molecule has 0 unspecified atom stereocenters. The van der Waals surface area contributed by atoms with Crippen molar-refractivity contribution in [1.29, 1.82) is 0 Å². The van der Waals surface area contributed by atoms with Crippen molar-refractivity contribution in [2.75, 3.05) is 50.2 Å². The van der Waals surface area contributed by atoms with Gasteiger partial charge in [-0.2, -0.15) is 23.5 Å². The second-order valence-electron chi connectivity index (χ2n) is 6.37. The number of aryl methyl sites for hydroxylation is 1. The molecule has 0 atom stereocenters. The fourth-order valence-corrected chi connectivity index (χ4v) is 3.13. The predicted octanol–water partition coefficient (Wildman–Crippen LogP) is 3.57. The van der Waals surface area contributed by atoms with Crippen molar-refractivity contribution in [3.05, 3.63) is 60.2 Å². The summed E-state index contributed by atoms with van der Waals surface area (Å²) in [5.41, 5.74) is 2.03. The number of rotatable bonds is 14. The Morgan fingerprint density at radius 2 is 1.55 bits per heavy atom. The Morgan fingerprint density at radius 3 is 2.14 bits per heavy atom. The first-order valence-corrected chi connectivity index (χ1v) is 12.8. The first-order valence-electron chi connectivity index (χ1n) is 9.99. The fourth-order valence-electron chi connectivity index (χ4n) is 2.44. The van der Waals surface area contributed by atoms with Crippen LogP contribution in [0.4, 0.5) is 0 Å². The molecule has 0 aliphatic rings. The summed E-state index contributed by atoms with van der Waals surface area (Å²) in [4.78, 5) is 19.6. The summed E-state index contributed by atoms with van der Waals surface area (Å²) in [6.45, 7) is 3.93. The number of nitrogens with one attached hydrogen (secondary N) is 2. The third-order valence-electron chi connectivity index (χ3n) is 4.02. The number of aromatic nitrogens is 2. The Balaban J connectivity index is 0.000000291. The molecular weight excluding hydrogens is 400 g/mol. The monoisotopic (exact) mass is 434 g/mol. The first kappa shape index (κ1) is 25.6. The summed E-state index contributed by atoms with van der Waals surface area (Å²) in [6, 6.07) is 7.72. The molecule has 2 heterocycles. The van der Waals surface area contributed by atoms with E-state index in [9.17, 15) is 4.79 Å². The summed E-state index contributed by atoms with van der Waals surface area (Å²) in [6.07, 6.45) is 14.1. The van der Waals surface area contributed by atoms with Crippen molar-refractivity contribution in [2.45, 2.75) is 19.3 Å². The Labute approximate surface area is 184 Å². The average Bonchev–Trinajstić information content (AvgIpc) is 2.78. The largest absolute Gasteiger partial charge is 0.316 e. The summed E-state index contributed by atoms with van der Waals surface area (Å²) < 4.78 is 0. The Morgan fingerprint density at radius 1 is 0.897 bits per heavy atom. The fraction of sp³-hybridized carbons (Fsp3) is 0.500. The number of hydrogen-bond acceptors (Lipinski definition) is 7. The Bertz CT molecular complexity index is 629. The van der Waals surface area contributed by atoms with E-state index in [4.69, 9.17) is 0 Å². The van der Waals surface area contributed by atoms with Gasteiger partial charge in [0.1, 0.15) is 0 Å². The van der Waals surface area contributed by atoms with Gasteiger partial charge in [0.25, 0.3) is 0 Å². The van der Waals surface area contributed by atoms with E-state index < -0.39 is 0 Å². The summed E-state index contributed by atoms with van der Waals surface area (Å²) in [5.74, 6) is 2.44. The van der Waals surface area contributed by atoms with Crippen molar-refractivity contribution in [3.63, 3.8) is 0 Å². The number of Topliss-reactive ketones (excluding diaryl/α,β-unsaturated/α-hetero) is 1. The van der Waals surface area contributed by atoms with Crippen LogP contribution >= 0.6 is 23.5 Å². The third-order valence-corrected chi connectivity index (χ3v) is 5.24. The van der Waals surface area contributed by atoms with E-state index in [1.54, 1.807) is 36.3 Å². The molecule has 0 aliphatic heterocycles. The number of pyridine rings is 2. The molecular formula is C22H34N4OS2. The number of carbonyl (C=O) groups excluding carboxylic acids is 1. The van der Waals surface area contributed by atoms with E-state index in [1.165, 1.54) is 17.7 Å². The Hall–Kier alpha value is -1.41. The molecule has 5 nitrogen and oxygen atoms in total. The lowest BCUT2D eigenvalue weighted by Gasteiger charge is -2.03. The van der Waals surface area contributed by atoms with Crippen molar-refractivity contribution >= 4 is 29.3 Å². The van der Waals surface area contributed by atoms with Gasteiger partial charge in [-0.05, 0) is 55.7 Å². The Kier molecular flexibility index (Phi) is 16.4. The van der Waals surface area contributed by atoms with Crippen molar-refractivity contribution in [1.82, 2.24) is 20.6 Å². The summed E-state index contributed by atoms with van der Waals surface area (Å²) >= 11 is 3.68. The van der Waals surface area contributed by atoms with Crippen LogP contribution in [0.3, 0.4) is 0 Å². The van der Waals surface area contributed by atoms with Gasteiger partial charge >= 0.3 is 0 Å². The number of ketones is 1. The lowest BCUT2D eigenvalue weighted by Crippen LogP contribution is -2.20. The lowest BCUT2D eigenvalue weighted by molar-refractivity contribution is 0.0982. The molecule has 0 spiro atoms. The van der Waals surface area contributed by atoms with Crippen LogP contribution in [-0.4, -0.2) is 65.9 Å². The van der Waals surface area contributed by atoms with Crippen molar-refractivity contribution in [3.8, 4) is 0 Å². The van der Waals surface area contributed by atoms with Crippen molar-refractivity contribution in [2.24, 2.45) is 0 Å². The van der Waals surface area contributed by atoms with Gasteiger partial charge < -0.3 is 10.6 Å². The maximum atomic E-state index is 11.6. The molecule has 2 rings (SSSR count). The third kappa shape index (κ3) is 14.3. The van der Waals surface area contributed by atoms with Crippen LogP contribution in [0.15, 0.2) is 49.1 Å². The van der Waals surface area contributed by atoms with Gasteiger partial charge in [0.15, 0.2) is 5.78 Å². The van der Waals surface area contributed by atoms with Crippen LogP contribution in [0.2, 0.25) is 0 Å². The topological polar surface area (TPSA) is 66.9 Å². The standard InChI is InChI=1S/C11H16N2OS.C11H18N2S/c1-15-8-7-12-6-4-11(14)10-3-2-5-13-9-10;1-14-9-8-12-6-2-4-11-5-3-7-13-10-11/h2-3,5,9,12H,4,6-8H2,1H3;3,5,7,10,12H,2,4,6,8-9H2,1H3. The minimum absolute atomic E-state index is 0.153. The molecule has 0 saturated carbocycles. The number of hydrogen-bond donors (Lipinski definition) is 2. The van der Waals surface area contributed by atoms with E-state index in [-0.39, 0.29) is 5.78 Å². The number of carbonyl (C=O) groups is 1. The molecule has 0 aliphatic carbocycles. The summed E-state index contributed by atoms with van der Waals surface area (Å²) in [5, 5.41) is 6.64. The second-order valence-corrected chi connectivity index (χ2v) is 8.34. The lowest BCUT2D eigenvalue weighted by atomic mass is 10.1. The van der Waals surface area contributed by atoms with E-state index in [0.717, 1.165) is 38.4 Å². The van der Waals surface area contributed by atoms with Gasteiger partial charge in [-0.25, -0.2) is 0 Å². The van der Waals surface area contributed by atoms with Crippen LogP contribution in [0.5, 0.6) is 0 Å². The number of thioether (sulfide) groups is 2. The molecule has 0 aromatic carbocycles. The minimum Gasteiger partial charge on any atom is -0.316 e. The minimum atomic E-state index is 0.153. The normalized spacial score (nSPS) is 10.3. The zero-order valence-corrected chi connectivity index (χ0v) is 19.2. The van der Waals surface area contributed by atoms with E-state index in [2.05, 4.69) is 39.2 Å². The van der Waals surface area contributed by atoms with E-state index in [1.807, 2.05) is 30.2 Å². The van der Waals surface area contributed by atoms with Crippen LogP contribution in [-0.2, 0) is 6.42 Å². The molecule has 0 radical (unpaired) electrons. The molecule has 2 N–H and O–H groups in total. The van der Waals surface area contributed by atoms with E-state index >= 15 is 0 Å². The van der Waals surface area contributed by atoms with E-state index in [0.29, 0.717) is 12.0 Å². The number of nitrogens with zero attached hydrogens (tertiary/aromatic N) is 2. The molecule has 0 saturated heterocycles. The molecule has 29 heavy (non-hydrogen) atoms. The SMILES string of the molecule is CSCCNCCC(=O)c1cccnc1.CSCCNCCCc1cccnc1. The van der Waals surface area contributed by atoms with Gasteiger partial charge in [-0.3, -0.25) is 14.8 Å². The quantitative estimate of drug-likeness (QED) is 0.348. The highest BCUT2D eigenvalue weighted by atomic mass is 32.2. The highest BCUT2D eigenvalue weighted by Crippen LogP contribution is 2.00. The maximum Gasteiger partial charge on any atom is 0.165 e. The second kappa shape index (κ2) is 18.6. The highest BCUT2D eigenvalue weighted by Gasteiger charge is 2.03. The van der Waals surface area contributed by atoms with Crippen LogP contribution in [0.25, 0.3) is 0 Å². The van der Waals surface area contributed by atoms with Crippen LogP contribution in [0, 0.1) is 0 Å². The molecule has 0 amide bonds. The smallest absolute Gasteiger partial charge is 0.165 e. The molecule has 2 aromatic heterocycles. The zero-order valence-electron chi connectivity index (χ0n) is 17.6. The summed E-state index contributed by atoms with van der Waals surface area (Å²) in [7, 11) is 0. The molecule has 160 valence electrons. The van der Waals surface area contributed by atoms with Crippen molar-refractivity contribution < 1.29 is 4.79 Å². The maximum absolute atomic E-state index is 11.6. The molecule has 0 bridgehead atoms. The first-order chi connectivity index (χ1) is 14.3. The zero-order chi connectivity index (χ0) is 21.0. The van der Waals surface area contributed by atoms with Gasteiger partial charge in [0, 0.05) is 67.9 Å². The van der Waals surface area contributed by atoms with Gasteiger partial charge in [-0.15, -0.1) is 0 Å². The highest BCUT2D eigenvalue weighted by molar-refractivity contribution is 7.98. The molecule has 0 fully saturated rings. The van der Waals surface area contributed by atoms with Crippen LogP contribution in [0.1, 0.15) is 28.8 Å². The van der Waals surface area contributed by atoms with Crippen LogP contribution < -0.4 is 10.6 Å². The predicted molar refractivity (Wildman–Crippen MR) is 128 cm³/mol. The molecule has 2 aromatic rings. The average molecular weight is 435 g/mol.